The summed E-state index contributed by atoms with van der Waals surface area (Å²) in [6, 6.07) is 7.87. The first kappa shape index (κ1) is 10.2. The number of hydrogen-bond acceptors (Lipinski definition) is 3. The van der Waals surface area contributed by atoms with Gasteiger partial charge in [-0.1, -0.05) is 12.1 Å². The summed E-state index contributed by atoms with van der Waals surface area (Å²) in [5.41, 5.74) is 1.12. The molecule has 1 rings (SSSR count). The van der Waals surface area contributed by atoms with Crippen molar-refractivity contribution in [3.8, 4) is 5.75 Å². The predicted molar refractivity (Wildman–Crippen MR) is 51.6 cm³/mol. The van der Waals surface area contributed by atoms with Gasteiger partial charge < -0.3 is 14.0 Å². The van der Waals surface area contributed by atoms with Crippen LogP contribution < -0.4 is 0 Å². The second kappa shape index (κ2) is 5.01. The standard InChI is InChI=1S/C9H13O3Si/c1-11-13(12-2)7-8-3-5-9(10)6-4-8/h3-6,10H,7H2,1-2H3. The van der Waals surface area contributed by atoms with Crippen molar-refractivity contribution in [2.24, 2.45) is 0 Å². The summed E-state index contributed by atoms with van der Waals surface area (Å²) in [5, 5.41) is 9.05. The normalized spacial score (nSPS) is 10.7. The van der Waals surface area contributed by atoms with Crippen molar-refractivity contribution in [3.63, 3.8) is 0 Å². The Balaban J connectivity index is 2.58. The van der Waals surface area contributed by atoms with Gasteiger partial charge in [-0.3, -0.25) is 0 Å². The van der Waals surface area contributed by atoms with Crippen LogP contribution in [0.2, 0.25) is 0 Å². The maximum atomic E-state index is 9.05. The van der Waals surface area contributed by atoms with Gasteiger partial charge in [0.05, 0.1) is 0 Å². The molecule has 0 aliphatic carbocycles. The molecule has 1 radical (unpaired) electrons. The highest BCUT2D eigenvalue weighted by Gasteiger charge is 2.12. The fourth-order valence-corrected chi connectivity index (χ4v) is 2.03. The summed E-state index contributed by atoms with van der Waals surface area (Å²) in [6.07, 6.45) is 0. The molecule has 3 nitrogen and oxygen atoms in total. The zero-order chi connectivity index (χ0) is 9.68. The maximum absolute atomic E-state index is 9.05. The lowest BCUT2D eigenvalue weighted by atomic mass is 10.2. The van der Waals surface area contributed by atoms with Gasteiger partial charge in [0.25, 0.3) is 0 Å². The lowest BCUT2D eigenvalue weighted by Gasteiger charge is -2.08. The minimum absolute atomic E-state index is 0.285. The van der Waals surface area contributed by atoms with Crippen molar-refractivity contribution in [2.45, 2.75) is 6.04 Å². The van der Waals surface area contributed by atoms with Crippen LogP contribution in [0.25, 0.3) is 0 Å². The van der Waals surface area contributed by atoms with Crippen LogP contribution in [0, 0.1) is 0 Å². The Kier molecular flexibility index (Phi) is 3.95. The van der Waals surface area contributed by atoms with Crippen LogP contribution in [0.1, 0.15) is 5.56 Å². The molecule has 1 aromatic carbocycles. The average Bonchev–Trinajstić information content (AvgIpc) is 2.17. The number of phenolic OH excluding ortho intramolecular Hbond substituents is 1. The molecule has 0 amide bonds. The van der Waals surface area contributed by atoms with E-state index in [-0.39, 0.29) is 5.75 Å². The molecule has 0 aromatic heterocycles. The first-order valence-electron chi connectivity index (χ1n) is 3.98. The monoisotopic (exact) mass is 197 g/mol. The zero-order valence-corrected chi connectivity index (χ0v) is 8.78. The fraction of sp³-hybridized carbons (Fsp3) is 0.333. The second-order valence-electron chi connectivity index (χ2n) is 2.62. The molecule has 0 aliphatic heterocycles. The fourth-order valence-electron chi connectivity index (χ4n) is 1.01. The molecule has 0 saturated carbocycles. The number of aromatic hydroxyl groups is 1. The Hall–Kier alpha value is -0.843. The van der Waals surface area contributed by atoms with E-state index in [0.717, 1.165) is 11.6 Å². The van der Waals surface area contributed by atoms with E-state index < -0.39 is 9.28 Å². The number of benzene rings is 1. The van der Waals surface area contributed by atoms with Crippen LogP contribution in [0.5, 0.6) is 5.75 Å². The van der Waals surface area contributed by atoms with E-state index in [2.05, 4.69) is 0 Å². The average molecular weight is 197 g/mol. The maximum Gasteiger partial charge on any atom is 0.388 e. The van der Waals surface area contributed by atoms with Crippen LogP contribution in [0.15, 0.2) is 24.3 Å². The molecule has 0 spiro atoms. The molecular weight excluding hydrogens is 184 g/mol. The quantitative estimate of drug-likeness (QED) is 0.738. The van der Waals surface area contributed by atoms with Crippen molar-refractivity contribution in [3.05, 3.63) is 29.8 Å². The molecule has 0 atom stereocenters. The molecular formula is C9H13O3Si. The van der Waals surface area contributed by atoms with E-state index in [1.165, 1.54) is 0 Å². The van der Waals surface area contributed by atoms with Gasteiger partial charge in [-0.2, -0.15) is 0 Å². The van der Waals surface area contributed by atoms with Crippen LogP contribution in [0.4, 0.5) is 0 Å². The van der Waals surface area contributed by atoms with Gasteiger partial charge in [0, 0.05) is 20.3 Å². The highest BCUT2D eigenvalue weighted by molar-refractivity contribution is 6.43. The van der Waals surface area contributed by atoms with E-state index >= 15 is 0 Å². The van der Waals surface area contributed by atoms with E-state index in [1.807, 2.05) is 12.1 Å². The molecule has 71 valence electrons. The number of phenols is 1. The summed E-state index contributed by atoms with van der Waals surface area (Å²) in [7, 11) is 2.13. The van der Waals surface area contributed by atoms with Gasteiger partial charge in [0.15, 0.2) is 0 Å². The van der Waals surface area contributed by atoms with E-state index in [1.54, 1.807) is 26.4 Å². The Morgan fingerprint density at radius 2 is 1.69 bits per heavy atom. The molecule has 0 heterocycles. The van der Waals surface area contributed by atoms with Crippen LogP contribution >= 0.6 is 0 Å². The molecule has 13 heavy (non-hydrogen) atoms. The minimum Gasteiger partial charge on any atom is -0.508 e. The molecule has 4 heteroatoms. The Bertz CT molecular complexity index is 244. The Morgan fingerprint density at radius 3 is 2.15 bits per heavy atom. The third kappa shape index (κ3) is 3.18. The van der Waals surface area contributed by atoms with Crippen molar-refractivity contribution in [1.29, 1.82) is 0 Å². The van der Waals surface area contributed by atoms with Crippen LogP contribution in [-0.4, -0.2) is 28.6 Å². The van der Waals surface area contributed by atoms with E-state index in [0.29, 0.717) is 0 Å². The number of hydrogen-bond donors (Lipinski definition) is 1. The van der Waals surface area contributed by atoms with Crippen molar-refractivity contribution < 1.29 is 14.0 Å². The molecule has 0 fully saturated rings. The van der Waals surface area contributed by atoms with Crippen molar-refractivity contribution >= 4 is 9.28 Å². The topological polar surface area (TPSA) is 38.7 Å². The van der Waals surface area contributed by atoms with Crippen LogP contribution in [0.3, 0.4) is 0 Å². The van der Waals surface area contributed by atoms with Crippen LogP contribution in [-0.2, 0) is 14.9 Å². The molecule has 1 aromatic rings. The van der Waals surface area contributed by atoms with Gasteiger partial charge in [-0.25, -0.2) is 0 Å². The van der Waals surface area contributed by atoms with Crippen molar-refractivity contribution in [2.75, 3.05) is 14.2 Å². The van der Waals surface area contributed by atoms with E-state index in [4.69, 9.17) is 14.0 Å². The molecule has 0 aliphatic rings. The smallest absolute Gasteiger partial charge is 0.388 e. The Labute approximate surface area is 79.8 Å². The van der Waals surface area contributed by atoms with Gasteiger partial charge in [-0.05, 0) is 17.7 Å². The SMILES string of the molecule is CO[Si](Cc1ccc(O)cc1)OC. The third-order valence-corrected chi connectivity index (χ3v) is 3.35. The molecule has 0 unspecified atom stereocenters. The number of rotatable bonds is 4. The largest absolute Gasteiger partial charge is 0.508 e. The zero-order valence-electron chi connectivity index (χ0n) is 7.78. The molecule has 0 bridgehead atoms. The Morgan fingerprint density at radius 1 is 1.15 bits per heavy atom. The van der Waals surface area contributed by atoms with Gasteiger partial charge in [-0.15, -0.1) is 0 Å². The first-order valence-corrected chi connectivity index (χ1v) is 5.50. The van der Waals surface area contributed by atoms with Gasteiger partial charge in [0.2, 0.25) is 0 Å². The summed E-state index contributed by atoms with van der Waals surface area (Å²) in [5.74, 6) is 0.285. The van der Waals surface area contributed by atoms with E-state index in [9.17, 15) is 0 Å². The molecule has 1 N–H and O–H groups in total. The summed E-state index contributed by atoms with van der Waals surface area (Å²) in [6.45, 7) is 0. The van der Waals surface area contributed by atoms with Gasteiger partial charge >= 0.3 is 9.28 Å². The molecule has 0 saturated heterocycles. The van der Waals surface area contributed by atoms with Gasteiger partial charge in [0.1, 0.15) is 5.75 Å². The lowest BCUT2D eigenvalue weighted by Crippen LogP contribution is -2.22. The van der Waals surface area contributed by atoms with Crippen molar-refractivity contribution in [1.82, 2.24) is 0 Å². The predicted octanol–water partition coefficient (Wildman–Crippen LogP) is 1.25. The highest BCUT2D eigenvalue weighted by atomic mass is 28.3. The third-order valence-electron chi connectivity index (χ3n) is 1.74. The first-order chi connectivity index (χ1) is 6.26. The second-order valence-corrected chi connectivity index (χ2v) is 4.54. The summed E-state index contributed by atoms with van der Waals surface area (Å²) >= 11 is 0. The lowest BCUT2D eigenvalue weighted by molar-refractivity contribution is 0.277. The minimum atomic E-state index is -1.17. The summed E-state index contributed by atoms with van der Waals surface area (Å²) in [4.78, 5) is 0. The summed E-state index contributed by atoms with van der Waals surface area (Å²) < 4.78 is 10.3. The highest BCUT2D eigenvalue weighted by Crippen LogP contribution is 2.11.